The van der Waals surface area contributed by atoms with Crippen LogP contribution < -0.4 is 0 Å². The van der Waals surface area contributed by atoms with Crippen molar-refractivity contribution in [2.75, 3.05) is 0 Å². The Balaban J connectivity index is 4.13. The summed E-state index contributed by atoms with van der Waals surface area (Å²) >= 11 is 0. The monoisotopic (exact) mass is 208 g/mol. The minimum atomic E-state index is -2.22. The lowest BCUT2D eigenvalue weighted by Gasteiger charge is -2.31. The van der Waals surface area contributed by atoms with Gasteiger partial charge in [0.15, 0.2) is 0 Å². The molecule has 80 valence electrons. The summed E-state index contributed by atoms with van der Waals surface area (Å²) in [6.07, 6.45) is 4.77. The van der Waals surface area contributed by atoms with Gasteiger partial charge in [0.25, 0.3) is 0 Å². The smallest absolute Gasteiger partial charge is 0.327 e. The first kappa shape index (κ1) is 13.3. The first-order valence-electron chi connectivity index (χ1n) is 4.97. The average molecular weight is 208 g/mol. The molecule has 0 unspecified atom stereocenters. The number of rotatable bonds is 7. The Morgan fingerprint density at radius 1 is 1.15 bits per heavy atom. The van der Waals surface area contributed by atoms with Crippen LogP contribution in [0.4, 0.5) is 0 Å². The molecule has 4 heteroatoms. The van der Waals surface area contributed by atoms with Crippen molar-refractivity contribution in [3.8, 4) is 0 Å². The van der Waals surface area contributed by atoms with Crippen molar-refractivity contribution in [1.82, 2.24) is 0 Å². The van der Waals surface area contributed by atoms with Crippen molar-refractivity contribution in [2.45, 2.75) is 58.5 Å². The van der Waals surface area contributed by atoms with Gasteiger partial charge in [-0.1, -0.05) is 33.6 Å². The van der Waals surface area contributed by atoms with Gasteiger partial charge < -0.3 is 14.3 Å². The van der Waals surface area contributed by atoms with Crippen molar-refractivity contribution < 1.29 is 14.3 Å². The van der Waals surface area contributed by atoms with E-state index in [9.17, 15) is 0 Å². The summed E-state index contributed by atoms with van der Waals surface area (Å²) < 4.78 is 5.21. The molecule has 3 nitrogen and oxygen atoms in total. The minimum absolute atomic E-state index is 0.314. The van der Waals surface area contributed by atoms with Crippen molar-refractivity contribution >= 4 is 8.60 Å². The molecule has 0 aliphatic carbocycles. The van der Waals surface area contributed by atoms with E-state index in [-0.39, 0.29) is 5.60 Å². The van der Waals surface area contributed by atoms with E-state index in [4.69, 9.17) is 14.3 Å². The SMILES string of the molecule is CCCCC(CC)(CC)OP(O)O. The van der Waals surface area contributed by atoms with E-state index < -0.39 is 8.60 Å². The molecule has 0 amide bonds. The second-order valence-corrected chi connectivity index (χ2v) is 4.03. The average Bonchev–Trinajstić information content (AvgIpc) is 2.12. The molecule has 0 aromatic rings. The van der Waals surface area contributed by atoms with Crippen LogP contribution in [0.25, 0.3) is 0 Å². The highest BCUT2D eigenvalue weighted by Gasteiger charge is 2.29. The summed E-state index contributed by atoms with van der Waals surface area (Å²) in [4.78, 5) is 17.7. The first-order chi connectivity index (χ1) is 6.10. The molecule has 0 rings (SSSR count). The van der Waals surface area contributed by atoms with E-state index in [1.54, 1.807) is 0 Å². The van der Waals surface area contributed by atoms with E-state index in [2.05, 4.69) is 6.92 Å². The summed E-state index contributed by atoms with van der Waals surface area (Å²) in [5.74, 6) is 0. The molecular formula is C9H21O3P. The summed E-state index contributed by atoms with van der Waals surface area (Å²) in [7, 11) is -2.22. The van der Waals surface area contributed by atoms with Gasteiger partial charge in [0.1, 0.15) is 0 Å². The lowest BCUT2D eigenvalue weighted by molar-refractivity contribution is 0.0360. The number of hydrogen-bond donors (Lipinski definition) is 2. The van der Waals surface area contributed by atoms with Gasteiger partial charge in [0, 0.05) is 0 Å². The van der Waals surface area contributed by atoms with Gasteiger partial charge in [-0.2, -0.15) is 0 Å². The predicted molar refractivity (Wildman–Crippen MR) is 55.3 cm³/mol. The number of hydrogen-bond acceptors (Lipinski definition) is 3. The molecule has 0 saturated heterocycles. The van der Waals surface area contributed by atoms with Crippen LogP contribution in [0, 0.1) is 0 Å². The van der Waals surface area contributed by atoms with Gasteiger partial charge in [-0.15, -0.1) is 0 Å². The lowest BCUT2D eigenvalue weighted by atomic mass is 9.91. The van der Waals surface area contributed by atoms with Crippen LogP contribution in [0.3, 0.4) is 0 Å². The Kier molecular flexibility index (Phi) is 6.88. The first-order valence-corrected chi connectivity index (χ1v) is 6.13. The Hall–Kier alpha value is 0.310. The number of unbranched alkanes of at least 4 members (excludes halogenated alkanes) is 1. The van der Waals surface area contributed by atoms with E-state index in [0.717, 1.165) is 32.1 Å². The third kappa shape index (κ3) is 4.92. The zero-order valence-corrected chi connectivity index (χ0v) is 9.68. The van der Waals surface area contributed by atoms with Gasteiger partial charge in [-0.25, -0.2) is 0 Å². The molecule has 13 heavy (non-hydrogen) atoms. The van der Waals surface area contributed by atoms with Gasteiger partial charge in [0.05, 0.1) is 5.60 Å². The summed E-state index contributed by atoms with van der Waals surface area (Å²) in [6, 6.07) is 0. The second-order valence-electron chi connectivity index (χ2n) is 3.34. The van der Waals surface area contributed by atoms with E-state index in [1.165, 1.54) is 0 Å². The molecule has 0 aromatic carbocycles. The second kappa shape index (κ2) is 6.72. The molecule has 0 radical (unpaired) electrons. The fourth-order valence-electron chi connectivity index (χ4n) is 1.45. The van der Waals surface area contributed by atoms with Crippen molar-refractivity contribution in [2.24, 2.45) is 0 Å². The molecule has 0 fully saturated rings. The maximum Gasteiger partial charge on any atom is 0.327 e. The molecule has 0 atom stereocenters. The molecule has 2 N–H and O–H groups in total. The Morgan fingerprint density at radius 3 is 2.00 bits per heavy atom. The van der Waals surface area contributed by atoms with Gasteiger partial charge in [-0.3, -0.25) is 0 Å². The Labute approximate surface area is 82.1 Å². The van der Waals surface area contributed by atoms with Crippen LogP contribution >= 0.6 is 8.60 Å². The summed E-state index contributed by atoms with van der Waals surface area (Å²) in [5, 5.41) is 0. The fraction of sp³-hybridized carbons (Fsp3) is 1.00. The fourth-order valence-corrected chi connectivity index (χ4v) is 2.15. The highest BCUT2D eigenvalue weighted by atomic mass is 31.2. The van der Waals surface area contributed by atoms with Crippen molar-refractivity contribution in [1.29, 1.82) is 0 Å². The zero-order valence-electron chi connectivity index (χ0n) is 8.79. The largest absolute Gasteiger partial charge is 0.328 e. The maximum atomic E-state index is 8.85. The molecule has 0 aliphatic rings. The molecule has 0 aromatic heterocycles. The Bertz CT molecular complexity index is 124. The van der Waals surface area contributed by atoms with Crippen LogP contribution in [0.5, 0.6) is 0 Å². The van der Waals surface area contributed by atoms with Crippen LogP contribution in [-0.4, -0.2) is 15.4 Å². The summed E-state index contributed by atoms with van der Waals surface area (Å²) in [5.41, 5.74) is -0.314. The van der Waals surface area contributed by atoms with Crippen LogP contribution in [0.2, 0.25) is 0 Å². The molecule has 0 spiro atoms. The predicted octanol–water partition coefficient (Wildman–Crippen LogP) is 2.96. The normalized spacial score (nSPS) is 12.5. The highest BCUT2D eigenvalue weighted by Crippen LogP contribution is 2.39. The highest BCUT2D eigenvalue weighted by molar-refractivity contribution is 7.39. The maximum absolute atomic E-state index is 8.85. The van der Waals surface area contributed by atoms with E-state index in [1.807, 2.05) is 13.8 Å². The van der Waals surface area contributed by atoms with Gasteiger partial charge >= 0.3 is 8.60 Å². The standard InChI is InChI=1S/C9H21O3P/c1-4-7-8-9(5-2,6-3)12-13(10)11/h10-11H,4-8H2,1-3H3. The third-order valence-electron chi connectivity index (χ3n) is 2.55. The Morgan fingerprint density at radius 2 is 1.69 bits per heavy atom. The van der Waals surface area contributed by atoms with Crippen molar-refractivity contribution in [3.05, 3.63) is 0 Å². The van der Waals surface area contributed by atoms with Crippen LogP contribution in [0.1, 0.15) is 52.9 Å². The molecule has 0 saturated carbocycles. The van der Waals surface area contributed by atoms with Crippen LogP contribution in [0.15, 0.2) is 0 Å². The summed E-state index contributed by atoms with van der Waals surface area (Å²) in [6.45, 7) is 6.17. The molecular weight excluding hydrogens is 187 g/mol. The van der Waals surface area contributed by atoms with Gasteiger partial charge in [0.2, 0.25) is 0 Å². The third-order valence-corrected chi connectivity index (χ3v) is 3.10. The van der Waals surface area contributed by atoms with Crippen molar-refractivity contribution in [3.63, 3.8) is 0 Å². The minimum Gasteiger partial charge on any atom is -0.328 e. The van der Waals surface area contributed by atoms with Crippen LogP contribution in [-0.2, 0) is 4.52 Å². The molecule has 0 bridgehead atoms. The van der Waals surface area contributed by atoms with E-state index >= 15 is 0 Å². The quantitative estimate of drug-likeness (QED) is 0.632. The van der Waals surface area contributed by atoms with Gasteiger partial charge in [-0.05, 0) is 19.3 Å². The topological polar surface area (TPSA) is 49.7 Å². The zero-order chi connectivity index (χ0) is 10.3. The molecule has 0 aliphatic heterocycles. The lowest BCUT2D eigenvalue weighted by Crippen LogP contribution is -2.29. The molecule has 0 heterocycles. The van der Waals surface area contributed by atoms with E-state index in [0.29, 0.717) is 0 Å².